The van der Waals surface area contributed by atoms with Crippen molar-refractivity contribution in [3.05, 3.63) is 77.1 Å². The second kappa shape index (κ2) is 7.41. The quantitative estimate of drug-likeness (QED) is 0.760. The predicted molar refractivity (Wildman–Crippen MR) is 92.4 cm³/mol. The lowest BCUT2D eigenvalue weighted by Gasteiger charge is -2.27. The van der Waals surface area contributed by atoms with Gasteiger partial charge in [-0.2, -0.15) is 0 Å². The van der Waals surface area contributed by atoms with E-state index in [4.69, 9.17) is 11.3 Å². The molecule has 3 heteroatoms. The minimum absolute atomic E-state index is 0.128. The van der Waals surface area contributed by atoms with E-state index in [0.717, 1.165) is 26.1 Å². The molecular weight excluding hydrogens is 284 g/mol. The zero-order chi connectivity index (χ0) is 16.1. The first-order valence-corrected chi connectivity index (χ1v) is 8.16. The number of ether oxygens (including phenoxy) is 1. The Hall–Kier alpha value is -2.15. The van der Waals surface area contributed by atoms with Gasteiger partial charge in [-0.1, -0.05) is 54.6 Å². The maximum Gasteiger partial charge on any atom is 0.187 e. The van der Waals surface area contributed by atoms with Crippen LogP contribution in [0.5, 0.6) is 0 Å². The van der Waals surface area contributed by atoms with E-state index in [1.807, 2.05) is 24.3 Å². The fourth-order valence-electron chi connectivity index (χ4n) is 3.15. The van der Waals surface area contributed by atoms with E-state index in [1.54, 1.807) is 0 Å². The predicted octanol–water partition coefficient (Wildman–Crippen LogP) is 4.76. The highest BCUT2D eigenvalue weighted by molar-refractivity contribution is 5.45. The molecule has 1 saturated heterocycles. The normalized spacial score (nSPS) is 20.4. The average molecular weight is 306 g/mol. The van der Waals surface area contributed by atoms with E-state index in [0.29, 0.717) is 11.7 Å². The van der Waals surface area contributed by atoms with Gasteiger partial charge in [-0.25, -0.2) is 4.85 Å². The van der Waals surface area contributed by atoms with E-state index < -0.39 is 0 Å². The highest BCUT2D eigenvalue weighted by atomic mass is 16.5. The Kier molecular flexibility index (Phi) is 5.07. The van der Waals surface area contributed by atoms with Gasteiger partial charge in [0.25, 0.3) is 0 Å². The van der Waals surface area contributed by atoms with Gasteiger partial charge in [-0.3, -0.25) is 4.90 Å². The summed E-state index contributed by atoms with van der Waals surface area (Å²) in [7, 11) is 0. The molecule has 3 nitrogen and oxygen atoms in total. The summed E-state index contributed by atoms with van der Waals surface area (Å²) in [4.78, 5) is 5.93. The number of benzene rings is 2. The van der Waals surface area contributed by atoms with Crippen molar-refractivity contribution >= 4 is 5.69 Å². The lowest BCUT2D eigenvalue weighted by atomic mass is 10.0. The Balaban J connectivity index is 1.66. The summed E-state index contributed by atoms with van der Waals surface area (Å²) in [6.45, 7) is 12.0. The first-order valence-electron chi connectivity index (χ1n) is 8.16. The molecule has 1 aliphatic rings. The molecule has 0 bridgehead atoms. The van der Waals surface area contributed by atoms with E-state index in [2.05, 4.69) is 47.0 Å². The lowest BCUT2D eigenvalue weighted by molar-refractivity contribution is 0.0605. The summed E-state index contributed by atoms with van der Waals surface area (Å²) in [6, 6.07) is 18.8. The maximum atomic E-state index is 7.04. The first-order chi connectivity index (χ1) is 11.3. The smallest absolute Gasteiger partial charge is 0.187 e. The van der Waals surface area contributed by atoms with E-state index in [1.165, 1.54) is 11.1 Å². The summed E-state index contributed by atoms with van der Waals surface area (Å²) in [5.41, 5.74) is 3.21. The molecule has 1 fully saturated rings. The molecule has 0 aromatic heterocycles. The molecule has 1 aliphatic heterocycles. The van der Waals surface area contributed by atoms with Crippen LogP contribution in [0.1, 0.15) is 36.6 Å². The van der Waals surface area contributed by atoms with Crippen LogP contribution in [0, 0.1) is 6.57 Å². The zero-order valence-electron chi connectivity index (χ0n) is 13.5. The molecule has 0 N–H and O–H groups in total. The summed E-state index contributed by atoms with van der Waals surface area (Å²) >= 11 is 0. The van der Waals surface area contributed by atoms with Crippen molar-refractivity contribution in [1.82, 2.24) is 4.90 Å². The Bertz CT molecular complexity index is 660. The van der Waals surface area contributed by atoms with Crippen LogP contribution in [-0.2, 0) is 4.74 Å². The van der Waals surface area contributed by atoms with Gasteiger partial charge in [-0.15, -0.1) is 0 Å². The van der Waals surface area contributed by atoms with Crippen LogP contribution in [0.2, 0.25) is 0 Å². The third kappa shape index (κ3) is 3.79. The SMILES string of the molecule is [C-]#[N+]c1ccc(C2CCN([C@H](C)c3ccccc3)CCO2)cc1. The van der Waals surface area contributed by atoms with Gasteiger partial charge in [0.05, 0.1) is 19.3 Å². The molecule has 118 valence electrons. The highest BCUT2D eigenvalue weighted by Crippen LogP contribution is 2.29. The fourth-order valence-corrected chi connectivity index (χ4v) is 3.15. The molecule has 0 spiro atoms. The van der Waals surface area contributed by atoms with E-state index in [-0.39, 0.29) is 6.10 Å². The number of rotatable bonds is 3. The van der Waals surface area contributed by atoms with Gasteiger partial charge >= 0.3 is 0 Å². The molecule has 2 aromatic rings. The fraction of sp³-hybridized carbons (Fsp3) is 0.350. The molecule has 3 rings (SSSR count). The molecule has 0 radical (unpaired) electrons. The third-order valence-corrected chi connectivity index (χ3v) is 4.60. The van der Waals surface area contributed by atoms with Crippen LogP contribution in [0.15, 0.2) is 54.6 Å². The monoisotopic (exact) mass is 306 g/mol. The van der Waals surface area contributed by atoms with Gasteiger partial charge in [0.2, 0.25) is 0 Å². The molecule has 23 heavy (non-hydrogen) atoms. The minimum Gasteiger partial charge on any atom is -0.372 e. The summed E-state index contributed by atoms with van der Waals surface area (Å²) in [5, 5.41) is 0. The molecule has 0 aliphatic carbocycles. The Morgan fingerprint density at radius 3 is 2.52 bits per heavy atom. The van der Waals surface area contributed by atoms with Crippen molar-refractivity contribution < 1.29 is 4.74 Å². The Labute approximate surface area is 138 Å². The molecule has 2 atom stereocenters. The van der Waals surface area contributed by atoms with Crippen LogP contribution in [0.25, 0.3) is 4.85 Å². The molecule has 0 saturated carbocycles. The summed E-state index contributed by atoms with van der Waals surface area (Å²) in [6.07, 6.45) is 1.11. The lowest BCUT2D eigenvalue weighted by Crippen LogP contribution is -2.29. The third-order valence-electron chi connectivity index (χ3n) is 4.60. The minimum atomic E-state index is 0.128. The van der Waals surface area contributed by atoms with Gasteiger partial charge in [0.15, 0.2) is 5.69 Å². The molecular formula is C20H22N2O. The van der Waals surface area contributed by atoms with Crippen LogP contribution in [0.4, 0.5) is 5.69 Å². The van der Waals surface area contributed by atoms with Crippen LogP contribution in [-0.4, -0.2) is 24.6 Å². The van der Waals surface area contributed by atoms with Gasteiger partial charge < -0.3 is 4.74 Å². The Morgan fingerprint density at radius 2 is 1.83 bits per heavy atom. The molecule has 1 unspecified atom stereocenters. The van der Waals surface area contributed by atoms with Crippen LogP contribution < -0.4 is 0 Å². The standard InChI is InChI=1S/C20H22N2O/c1-16(17-6-4-3-5-7-17)22-13-12-20(23-15-14-22)18-8-10-19(21-2)11-9-18/h3-11,16,20H,12-15H2,1H3/t16-,20?/m1/s1. The van der Waals surface area contributed by atoms with Gasteiger partial charge in [0.1, 0.15) is 0 Å². The second-order valence-electron chi connectivity index (χ2n) is 5.97. The molecule has 0 amide bonds. The first kappa shape index (κ1) is 15.7. The van der Waals surface area contributed by atoms with Gasteiger partial charge in [-0.05, 0) is 24.5 Å². The van der Waals surface area contributed by atoms with Crippen molar-refractivity contribution in [3.8, 4) is 0 Å². The zero-order valence-corrected chi connectivity index (χ0v) is 13.5. The van der Waals surface area contributed by atoms with Crippen molar-refractivity contribution in [2.75, 3.05) is 19.7 Å². The van der Waals surface area contributed by atoms with Crippen LogP contribution in [0.3, 0.4) is 0 Å². The maximum absolute atomic E-state index is 7.04. The summed E-state index contributed by atoms with van der Waals surface area (Å²) in [5.74, 6) is 0. The number of hydrogen-bond acceptors (Lipinski definition) is 2. The van der Waals surface area contributed by atoms with E-state index >= 15 is 0 Å². The molecule has 2 aromatic carbocycles. The highest BCUT2D eigenvalue weighted by Gasteiger charge is 2.22. The summed E-state index contributed by atoms with van der Waals surface area (Å²) < 4.78 is 6.06. The van der Waals surface area contributed by atoms with Crippen molar-refractivity contribution in [3.63, 3.8) is 0 Å². The topological polar surface area (TPSA) is 16.8 Å². The molecule has 1 heterocycles. The second-order valence-corrected chi connectivity index (χ2v) is 5.97. The van der Waals surface area contributed by atoms with Gasteiger partial charge in [0, 0.05) is 19.1 Å². The van der Waals surface area contributed by atoms with E-state index in [9.17, 15) is 0 Å². The van der Waals surface area contributed by atoms with Crippen molar-refractivity contribution in [2.45, 2.75) is 25.5 Å². The van der Waals surface area contributed by atoms with Crippen molar-refractivity contribution in [1.29, 1.82) is 0 Å². The largest absolute Gasteiger partial charge is 0.372 e. The Morgan fingerprint density at radius 1 is 1.09 bits per heavy atom. The van der Waals surface area contributed by atoms with Crippen LogP contribution >= 0.6 is 0 Å². The number of hydrogen-bond donors (Lipinski definition) is 0. The van der Waals surface area contributed by atoms with Crippen molar-refractivity contribution in [2.24, 2.45) is 0 Å². The number of nitrogens with zero attached hydrogens (tertiary/aromatic N) is 2. The average Bonchev–Trinajstić information content (AvgIpc) is 2.88.